The van der Waals surface area contributed by atoms with Gasteiger partial charge in [-0.1, -0.05) is 11.3 Å². The smallest absolute Gasteiger partial charge is 0.321 e. The Morgan fingerprint density at radius 3 is 2.47 bits per heavy atom. The molecule has 0 saturated carbocycles. The van der Waals surface area contributed by atoms with Gasteiger partial charge in [0.15, 0.2) is 0 Å². The number of anilines is 1. The molecule has 1 heterocycles. The Labute approximate surface area is 112 Å². The second-order valence-electron chi connectivity index (χ2n) is 3.54. The molecule has 1 aromatic carbocycles. The lowest BCUT2D eigenvalue weighted by molar-refractivity contribution is -0.380. The molecule has 94 valence electrons. The highest BCUT2D eigenvalue weighted by Crippen LogP contribution is 2.24. The second-order valence-corrected chi connectivity index (χ2v) is 4.60. The van der Waals surface area contributed by atoms with Crippen molar-refractivity contribution < 1.29 is 9.72 Å². The van der Waals surface area contributed by atoms with Crippen LogP contribution in [-0.4, -0.2) is 10.8 Å². The molecule has 0 spiro atoms. The van der Waals surface area contributed by atoms with Gasteiger partial charge < -0.3 is 5.32 Å². The van der Waals surface area contributed by atoms with Crippen molar-refractivity contribution in [2.75, 3.05) is 5.32 Å². The Hall–Kier alpha value is -2.72. The molecule has 0 aliphatic rings. The first-order chi connectivity index (χ1) is 9.10. The summed E-state index contributed by atoms with van der Waals surface area (Å²) in [5.74, 6) is -0.414. The molecule has 1 N–H and O–H groups in total. The number of hydrogen-bond acceptors (Lipinski definition) is 5. The fourth-order valence-electron chi connectivity index (χ4n) is 1.37. The summed E-state index contributed by atoms with van der Waals surface area (Å²) in [5.41, 5.74) is 1.02. The van der Waals surface area contributed by atoms with E-state index in [1.54, 1.807) is 24.3 Å². The fraction of sp³-hybridized carbons (Fsp3) is 0. The van der Waals surface area contributed by atoms with E-state index >= 15 is 0 Å². The number of nitro groups is 1. The molecule has 0 unspecified atom stereocenters. The van der Waals surface area contributed by atoms with E-state index in [4.69, 9.17) is 5.26 Å². The molecule has 1 amide bonds. The van der Waals surface area contributed by atoms with Crippen LogP contribution >= 0.6 is 11.3 Å². The number of carbonyl (C=O) groups is 1. The average molecular weight is 273 g/mol. The standard InChI is InChI=1S/C12H7N3O3S/c13-7-8-1-3-9(4-2-8)14-12(16)10-5-6-11(19-10)15(17)18/h1-6H,(H,14,16). The summed E-state index contributed by atoms with van der Waals surface area (Å²) in [6.45, 7) is 0. The zero-order valence-electron chi connectivity index (χ0n) is 9.49. The first-order valence-electron chi connectivity index (χ1n) is 5.16. The number of amides is 1. The maximum Gasteiger partial charge on any atom is 0.324 e. The van der Waals surface area contributed by atoms with Crippen molar-refractivity contribution in [2.45, 2.75) is 0 Å². The Balaban J connectivity index is 2.11. The van der Waals surface area contributed by atoms with Gasteiger partial charge in [0, 0.05) is 11.8 Å². The summed E-state index contributed by atoms with van der Waals surface area (Å²) in [4.78, 5) is 22.1. The highest BCUT2D eigenvalue weighted by atomic mass is 32.1. The van der Waals surface area contributed by atoms with Crippen LogP contribution in [0.2, 0.25) is 0 Å². The van der Waals surface area contributed by atoms with Crippen LogP contribution in [0.25, 0.3) is 0 Å². The maximum absolute atomic E-state index is 11.8. The van der Waals surface area contributed by atoms with Crippen LogP contribution in [0.15, 0.2) is 36.4 Å². The molecule has 0 saturated heterocycles. The van der Waals surface area contributed by atoms with E-state index in [2.05, 4.69) is 5.32 Å². The summed E-state index contributed by atoms with van der Waals surface area (Å²) in [6, 6.07) is 11.0. The number of nitriles is 1. The van der Waals surface area contributed by atoms with E-state index in [1.165, 1.54) is 12.1 Å². The van der Waals surface area contributed by atoms with Crippen LogP contribution < -0.4 is 5.32 Å². The van der Waals surface area contributed by atoms with Gasteiger partial charge in [-0.15, -0.1) is 0 Å². The van der Waals surface area contributed by atoms with Gasteiger partial charge in [0.1, 0.15) is 0 Å². The van der Waals surface area contributed by atoms with Crippen LogP contribution in [0, 0.1) is 21.4 Å². The maximum atomic E-state index is 11.8. The van der Waals surface area contributed by atoms with Gasteiger partial charge in [-0.3, -0.25) is 14.9 Å². The molecule has 0 bridgehead atoms. The molecular formula is C12H7N3O3S. The lowest BCUT2D eigenvalue weighted by Crippen LogP contribution is -2.09. The van der Waals surface area contributed by atoms with Crippen LogP contribution in [0.4, 0.5) is 10.7 Å². The van der Waals surface area contributed by atoms with Crippen LogP contribution in [0.1, 0.15) is 15.2 Å². The number of hydrogen-bond donors (Lipinski definition) is 1. The van der Waals surface area contributed by atoms with Crippen molar-refractivity contribution in [2.24, 2.45) is 0 Å². The predicted molar refractivity (Wildman–Crippen MR) is 70.1 cm³/mol. The van der Waals surface area contributed by atoms with Gasteiger partial charge in [0.2, 0.25) is 0 Å². The molecule has 0 aliphatic carbocycles. The Morgan fingerprint density at radius 1 is 1.26 bits per heavy atom. The molecule has 1 aromatic heterocycles. The Morgan fingerprint density at radius 2 is 1.95 bits per heavy atom. The summed E-state index contributed by atoms with van der Waals surface area (Å²) in [7, 11) is 0. The van der Waals surface area contributed by atoms with Crippen molar-refractivity contribution in [3.8, 4) is 6.07 Å². The molecule has 19 heavy (non-hydrogen) atoms. The van der Waals surface area contributed by atoms with Crippen molar-refractivity contribution in [1.29, 1.82) is 5.26 Å². The van der Waals surface area contributed by atoms with Gasteiger partial charge in [-0.2, -0.15) is 5.26 Å². The van der Waals surface area contributed by atoms with E-state index in [0.29, 0.717) is 11.3 Å². The molecule has 0 fully saturated rings. The molecule has 0 atom stereocenters. The van der Waals surface area contributed by atoms with Crippen LogP contribution in [0.3, 0.4) is 0 Å². The van der Waals surface area contributed by atoms with Crippen LogP contribution in [0.5, 0.6) is 0 Å². The molecule has 6 nitrogen and oxygen atoms in total. The highest BCUT2D eigenvalue weighted by molar-refractivity contribution is 7.17. The highest BCUT2D eigenvalue weighted by Gasteiger charge is 2.15. The molecule has 7 heteroatoms. The monoisotopic (exact) mass is 273 g/mol. The van der Waals surface area contributed by atoms with E-state index in [9.17, 15) is 14.9 Å². The lowest BCUT2D eigenvalue weighted by Gasteiger charge is -2.02. The minimum absolute atomic E-state index is 0.0787. The van der Waals surface area contributed by atoms with E-state index in [-0.39, 0.29) is 9.88 Å². The number of nitrogens with one attached hydrogen (secondary N) is 1. The topological polar surface area (TPSA) is 96.0 Å². The predicted octanol–water partition coefficient (Wildman–Crippen LogP) is 2.78. The Bertz CT molecular complexity index is 670. The third kappa shape index (κ3) is 2.94. The molecule has 2 aromatic rings. The summed E-state index contributed by atoms with van der Waals surface area (Å²) < 4.78 is 0. The van der Waals surface area contributed by atoms with Crippen molar-refractivity contribution in [3.63, 3.8) is 0 Å². The van der Waals surface area contributed by atoms with E-state index < -0.39 is 10.8 Å². The Kier molecular flexibility index (Phi) is 3.54. The minimum atomic E-state index is -0.539. The van der Waals surface area contributed by atoms with E-state index in [0.717, 1.165) is 11.3 Å². The fourth-order valence-corrected chi connectivity index (χ4v) is 2.08. The second kappa shape index (κ2) is 5.29. The number of rotatable bonds is 3. The van der Waals surface area contributed by atoms with Crippen LogP contribution in [-0.2, 0) is 0 Å². The average Bonchev–Trinajstić information content (AvgIpc) is 2.89. The molecule has 0 radical (unpaired) electrons. The lowest BCUT2D eigenvalue weighted by atomic mass is 10.2. The van der Waals surface area contributed by atoms with Crippen molar-refractivity contribution in [3.05, 3.63) is 57.0 Å². The largest absolute Gasteiger partial charge is 0.324 e. The zero-order chi connectivity index (χ0) is 13.8. The number of thiophene rings is 1. The van der Waals surface area contributed by atoms with Gasteiger partial charge >= 0.3 is 5.00 Å². The third-order valence-electron chi connectivity index (χ3n) is 2.27. The number of nitrogens with zero attached hydrogens (tertiary/aromatic N) is 2. The summed E-state index contributed by atoms with van der Waals surface area (Å²) >= 11 is 0.813. The van der Waals surface area contributed by atoms with Crippen molar-refractivity contribution in [1.82, 2.24) is 0 Å². The zero-order valence-corrected chi connectivity index (χ0v) is 10.3. The van der Waals surface area contributed by atoms with Gasteiger partial charge in [0.25, 0.3) is 5.91 Å². The first-order valence-corrected chi connectivity index (χ1v) is 5.97. The normalized spacial score (nSPS) is 9.63. The molecule has 2 rings (SSSR count). The van der Waals surface area contributed by atoms with Gasteiger partial charge in [0.05, 0.1) is 21.4 Å². The van der Waals surface area contributed by atoms with E-state index in [1.807, 2.05) is 6.07 Å². The third-order valence-corrected chi connectivity index (χ3v) is 3.30. The van der Waals surface area contributed by atoms with Gasteiger partial charge in [-0.05, 0) is 30.3 Å². The number of carbonyl (C=O) groups excluding carboxylic acids is 1. The number of benzene rings is 1. The summed E-state index contributed by atoms with van der Waals surface area (Å²) in [6.07, 6.45) is 0. The van der Waals surface area contributed by atoms with Gasteiger partial charge in [-0.25, -0.2) is 0 Å². The SMILES string of the molecule is N#Cc1ccc(NC(=O)c2ccc([N+](=O)[O-])s2)cc1. The first kappa shape index (κ1) is 12.7. The molecule has 0 aliphatic heterocycles. The van der Waals surface area contributed by atoms with Crippen molar-refractivity contribution >= 4 is 27.9 Å². The molecular weight excluding hydrogens is 266 g/mol. The quantitative estimate of drug-likeness (QED) is 0.686. The summed E-state index contributed by atoms with van der Waals surface area (Å²) in [5, 5.41) is 21.7. The minimum Gasteiger partial charge on any atom is -0.321 e.